The number of hydrogen-bond acceptors (Lipinski definition) is 2. The second-order valence-corrected chi connectivity index (χ2v) is 4.67. The lowest BCUT2D eigenvalue weighted by Gasteiger charge is -2.56. The fourth-order valence-electron chi connectivity index (χ4n) is 2.25. The van der Waals surface area contributed by atoms with Crippen molar-refractivity contribution in [1.82, 2.24) is 10.2 Å². The van der Waals surface area contributed by atoms with E-state index in [0.717, 1.165) is 11.3 Å². The molecule has 2 rings (SSSR count). The highest BCUT2D eigenvalue weighted by Crippen LogP contribution is 2.34. The summed E-state index contributed by atoms with van der Waals surface area (Å²) < 4.78 is 0. The molecule has 0 unspecified atom stereocenters. The molecule has 0 aromatic carbocycles. The number of likely N-dealkylation sites (tertiary alicyclic amines) is 1. The van der Waals surface area contributed by atoms with Crippen molar-refractivity contribution in [2.75, 3.05) is 32.7 Å². The molecule has 2 fully saturated rings. The summed E-state index contributed by atoms with van der Waals surface area (Å²) in [5.74, 6) is 0.834. The van der Waals surface area contributed by atoms with E-state index in [-0.39, 0.29) is 0 Å². The minimum atomic E-state index is 0.717. The summed E-state index contributed by atoms with van der Waals surface area (Å²) in [7, 11) is 0. The Bertz CT molecular complexity index is 142. The summed E-state index contributed by atoms with van der Waals surface area (Å²) in [4.78, 5) is 2.57. The molecule has 0 amide bonds. The van der Waals surface area contributed by atoms with E-state index in [1.807, 2.05) is 0 Å². The number of hydrogen-bond donors (Lipinski definition) is 1. The van der Waals surface area contributed by atoms with Gasteiger partial charge in [-0.15, -0.1) is 0 Å². The second kappa shape index (κ2) is 2.46. The Balaban J connectivity index is 1.71. The molecule has 0 aromatic rings. The average molecular weight is 154 g/mol. The van der Waals surface area contributed by atoms with Gasteiger partial charge in [0, 0.05) is 38.1 Å². The van der Waals surface area contributed by atoms with Crippen molar-refractivity contribution in [1.29, 1.82) is 0 Å². The van der Waals surface area contributed by atoms with Crippen LogP contribution in [0.2, 0.25) is 0 Å². The van der Waals surface area contributed by atoms with Crippen LogP contribution in [0.3, 0.4) is 0 Å². The lowest BCUT2D eigenvalue weighted by atomic mass is 9.74. The van der Waals surface area contributed by atoms with Crippen molar-refractivity contribution < 1.29 is 0 Å². The second-order valence-electron chi connectivity index (χ2n) is 4.67. The van der Waals surface area contributed by atoms with Crippen LogP contribution in [0.25, 0.3) is 0 Å². The van der Waals surface area contributed by atoms with Crippen molar-refractivity contribution in [2.24, 2.45) is 11.3 Å². The van der Waals surface area contributed by atoms with Crippen molar-refractivity contribution in [3.05, 3.63) is 0 Å². The maximum atomic E-state index is 3.35. The molecular weight excluding hydrogens is 136 g/mol. The lowest BCUT2D eigenvalue weighted by Crippen LogP contribution is -2.71. The normalized spacial score (nSPS) is 28.6. The van der Waals surface area contributed by atoms with Gasteiger partial charge in [-0.2, -0.15) is 0 Å². The van der Waals surface area contributed by atoms with Gasteiger partial charge in [-0.1, -0.05) is 13.8 Å². The first-order valence-corrected chi connectivity index (χ1v) is 4.63. The third-order valence-corrected chi connectivity index (χ3v) is 2.74. The molecule has 0 bridgehead atoms. The molecule has 1 spiro atoms. The van der Waals surface area contributed by atoms with Crippen LogP contribution in [0.4, 0.5) is 0 Å². The Hall–Kier alpha value is -0.0800. The summed E-state index contributed by atoms with van der Waals surface area (Å²) in [5, 5.41) is 3.35. The molecule has 2 saturated heterocycles. The number of nitrogens with zero attached hydrogens (tertiary/aromatic N) is 1. The maximum Gasteiger partial charge on any atom is 0.0207 e. The van der Waals surface area contributed by atoms with Crippen LogP contribution >= 0.6 is 0 Å². The summed E-state index contributed by atoms with van der Waals surface area (Å²) >= 11 is 0. The Morgan fingerprint density at radius 2 is 2.00 bits per heavy atom. The molecule has 0 aliphatic carbocycles. The SMILES string of the molecule is CC(C)CN1CC2(CNC2)C1. The molecule has 11 heavy (non-hydrogen) atoms. The molecule has 1 N–H and O–H groups in total. The van der Waals surface area contributed by atoms with Gasteiger partial charge in [0.05, 0.1) is 0 Å². The van der Waals surface area contributed by atoms with Crippen molar-refractivity contribution in [2.45, 2.75) is 13.8 Å². The number of rotatable bonds is 2. The van der Waals surface area contributed by atoms with Crippen LogP contribution in [0.5, 0.6) is 0 Å². The summed E-state index contributed by atoms with van der Waals surface area (Å²) in [6.45, 7) is 11.1. The van der Waals surface area contributed by atoms with Gasteiger partial charge < -0.3 is 10.2 Å². The van der Waals surface area contributed by atoms with Crippen LogP contribution in [-0.4, -0.2) is 37.6 Å². The van der Waals surface area contributed by atoms with E-state index in [2.05, 4.69) is 24.1 Å². The van der Waals surface area contributed by atoms with Crippen LogP contribution in [0.1, 0.15) is 13.8 Å². The molecule has 0 radical (unpaired) electrons. The molecule has 2 aliphatic heterocycles. The van der Waals surface area contributed by atoms with Gasteiger partial charge in [0.1, 0.15) is 0 Å². The first-order valence-electron chi connectivity index (χ1n) is 4.63. The van der Waals surface area contributed by atoms with E-state index in [4.69, 9.17) is 0 Å². The lowest BCUT2D eigenvalue weighted by molar-refractivity contribution is -0.0447. The van der Waals surface area contributed by atoms with Crippen LogP contribution < -0.4 is 5.32 Å². The Labute approximate surface area is 69.0 Å². The molecule has 0 aromatic heterocycles. The van der Waals surface area contributed by atoms with Gasteiger partial charge in [0.25, 0.3) is 0 Å². The third-order valence-electron chi connectivity index (χ3n) is 2.74. The number of nitrogens with one attached hydrogen (secondary N) is 1. The third kappa shape index (κ3) is 1.30. The predicted octanol–water partition coefficient (Wildman–Crippen LogP) is 0.548. The van der Waals surface area contributed by atoms with Crippen molar-refractivity contribution in [3.8, 4) is 0 Å². The van der Waals surface area contributed by atoms with Crippen LogP contribution in [-0.2, 0) is 0 Å². The fraction of sp³-hybridized carbons (Fsp3) is 1.00. The molecule has 2 aliphatic rings. The average Bonchev–Trinajstić information content (AvgIpc) is 1.71. The highest BCUT2D eigenvalue weighted by molar-refractivity contribution is 5.03. The summed E-state index contributed by atoms with van der Waals surface area (Å²) in [5.41, 5.74) is 0.717. The Morgan fingerprint density at radius 1 is 1.36 bits per heavy atom. The van der Waals surface area contributed by atoms with Crippen LogP contribution in [0.15, 0.2) is 0 Å². The first-order chi connectivity index (χ1) is 5.20. The molecular formula is C9H18N2. The highest BCUT2D eigenvalue weighted by Gasteiger charge is 2.46. The zero-order valence-corrected chi connectivity index (χ0v) is 7.56. The minimum Gasteiger partial charge on any atom is -0.315 e. The smallest absolute Gasteiger partial charge is 0.0207 e. The van der Waals surface area contributed by atoms with E-state index in [9.17, 15) is 0 Å². The summed E-state index contributed by atoms with van der Waals surface area (Å²) in [6.07, 6.45) is 0. The highest BCUT2D eigenvalue weighted by atomic mass is 15.3. The minimum absolute atomic E-state index is 0.717. The monoisotopic (exact) mass is 154 g/mol. The zero-order valence-electron chi connectivity index (χ0n) is 7.56. The molecule has 2 nitrogen and oxygen atoms in total. The van der Waals surface area contributed by atoms with Gasteiger partial charge in [-0.25, -0.2) is 0 Å². The van der Waals surface area contributed by atoms with E-state index < -0.39 is 0 Å². The van der Waals surface area contributed by atoms with Gasteiger partial charge in [0.2, 0.25) is 0 Å². The molecule has 2 heterocycles. The van der Waals surface area contributed by atoms with Crippen molar-refractivity contribution in [3.63, 3.8) is 0 Å². The zero-order chi connectivity index (χ0) is 7.90. The van der Waals surface area contributed by atoms with Gasteiger partial charge in [0.15, 0.2) is 0 Å². The van der Waals surface area contributed by atoms with E-state index in [1.54, 1.807) is 0 Å². The maximum absolute atomic E-state index is 3.35. The molecule has 0 atom stereocenters. The molecule has 64 valence electrons. The Morgan fingerprint density at radius 3 is 2.36 bits per heavy atom. The standard InChI is InChI=1S/C9H18N2/c1-8(2)3-11-6-9(7-11)4-10-5-9/h8,10H,3-7H2,1-2H3. The first kappa shape index (κ1) is 7.56. The fourth-order valence-corrected chi connectivity index (χ4v) is 2.25. The quantitative estimate of drug-likeness (QED) is 0.625. The van der Waals surface area contributed by atoms with E-state index in [1.165, 1.54) is 32.7 Å². The Kier molecular flexibility index (Phi) is 1.69. The molecule has 0 saturated carbocycles. The van der Waals surface area contributed by atoms with Gasteiger partial charge in [-0.3, -0.25) is 0 Å². The molecule has 2 heteroatoms. The van der Waals surface area contributed by atoms with Gasteiger partial charge in [-0.05, 0) is 5.92 Å². The van der Waals surface area contributed by atoms with Gasteiger partial charge >= 0.3 is 0 Å². The van der Waals surface area contributed by atoms with Crippen molar-refractivity contribution >= 4 is 0 Å². The topological polar surface area (TPSA) is 15.3 Å². The summed E-state index contributed by atoms with van der Waals surface area (Å²) in [6, 6.07) is 0. The van der Waals surface area contributed by atoms with E-state index >= 15 is 0 Å². The van der Waals surface area contributed by atoms with Crippen LogP contribution in [0, 0.1) is 11.3 Å². The predicted molar refractivity (Wildman–Crippen MR) is 46.6 cm³/mol. The largest absolute Gasteiger partial charge is 0.315 e. The van der Waals surface area contributed by atoms with E-state index in [0.29, 0.717) is 0 Å².